The van der Waals surface area contributed by atoms with Crippen LogP contribution in [0.1, 0.15) is 39.5 Å². The van der Waals surface area contributed by atoms with Crippen molar-refractivity contribution in [2.45, 2.75) is 45.6 Å². The van der Waals surface area contributed by atoms with Crippen LogP contribution < -0.4 is 10.1 Å². The molecule has 2 aliphatic rings. The first-order valence-electron chi connectivity index (χ1n) is 7.44. The molecule has 1 N–H and O–H groups in total. The second-order valence-corrected chi connectivity index (χ2v) is 6.20. The molecule has 3 atom stereocenters. The molecule has 2 fully saturated rings. The fraction of sp³-hybridized carbons (Fsp3) is 0.733. The second-order valence-electron chi connectivity index (χ2n) is 6.20. The minimum Gasteiger partial charge on any atom is -0.475 e. The third kappa shape index (κ3) is 2.99. The molecule has 0 aromatic carbocycles. The number of hydrogen-bond donors (Lipinski definition) is 1. The lowest BCUT2D eigenvalue weighted by Crippen LogP contribution is -2.21. The van der Waals surface area contributed by atoms with Gasteiger partial charge in [0.15, 0.2) is 0 Å². The Kier molecular flexibility index (Phi) is 3.58. The van der Waals surface area contributed by atoms with Crippen LogP contribution in [0.15, 0.2) is 12.3 Å². The van der Waals surface area contributed by atoms with Gasteiger partial charge in [-0.05, 0) is 50.9 Å². The number of hydrogen-bond acceptors (Lipinski definition) is 4. The Morgan fingerprint density at radius 2 is 2.26 bits per heavy atom. The third-order valence-corrected chi connectivity index (χ3v) is 4.39. The highest BCUT2D eigenvalue weighted by molar-refractivity contribution is 5.27. The van der Waals surface area contributed by atoms with Crippen LogP contribution in [-0.2, 0) is 0 Å². The highest BCUT2D eigenvalue weighted by Crippen LogP contribution is 2.48. The van der Waals surface area contributed by atoms with Crippen molar-refractivity contribution in [3.63, 3.8) is 0 Å². The van der Waals surface area contributed by atoms with Crippen LogP contribution >= 0.6 is 0 Å². The highest BCUT2D eigenvalue weighted by atomic mass is 16.5. The number of ether oxygens (including phenoxy) is 1. The zero-order valence-electron chi connectivity index (χ0n) is 11.8. The average molecular weight is 261 g/mol. The van der Waals surface area contributed by atoms with Crippen molar-refractivity contribution in [1.82, 2.24) is 9.97 Å². The third-order valence-electron chi connectivity index (χ3n) is 4.39. The Labute approximate surface area is 115 Å². The molecule has 2 saturated carbocycles. The second kappa shape index (κ2) is 5.35. The van der Waals surface area contributed by atoms with Crippen LogP contribution in [0, 0.1) is 17.8 Å². The molecule has 3 unspecified atom stereocenters. The molecule has 1 aromatic heterocycles. The van der Waals surface area contributed by atoms with Gasteiger partial charge in [0, 0.05) is 18.8 Å². The molecule has 0 aliphatic heterocycles. The van der Waals surface area contributed by atoms with Gasteiger partial charge in [-0.15, -0.1) is 0 Å². The standard InChI is InChI=1S/C15H23N3O/c1-10(2)19-14-5-6-16-15(18-14)17-9-13-8-11-3-4-12(13)7-11/h5-6,10-13H,3-4,7-9H2,1-2H3,(H,16,17,18). The largest absolute Gasteiger partial charge is 0.475 e. The summed E-state index contributed by atoms with van der Waals surface area (Å²) in [4.78, 5) is 8.66. The predicted octanol–water partition coefficient (Wildman–Crippen LogP) is 3.11. The number of nitrogens with zero attached hydrogens (tertiary/aromatic N) is 2. The Bertz CT molecular complexity index is 435. The van der Waals surface area contributed by atoms with E-state index in [0.29, 0.717) is 11.8 Å². The molecule has 0 radical (unpaired) electrons. The topological polar surface area (TPSA) is 47.0 Å². The molecule has 0 amide bonds. The molecule has 2 aliphatic carbocycles. The molecule has 3 rings (SSSR count). The quantitative estimate of drug-likeness (QED) is 0.884. The highest BCUT2D eigenvalue weighted by Gasteiger charge is 2.39. The summed E-state index contributed by atoms with van der Waals surface area (Å²) in [6, 6.07) is 1.81. The van der Waals surface area contributed by atoms with Gasteiger partial charge in [0.1, 0.15) is 0 Å². The molecule has 4 heteroatoms. The van der Waals surface area contributed by atoms with Gasteiger partial charge in [-0.25, -0.2) is 4.98 Å². The van der Waals surface area contributed by atoms with E-state index in [1.807, 2.05) is 19.9 Å². The first-order valence-corrected chi connectivity index (χ1v) is 7.44. The minimum atomic E-state index is 0.147. The lowest BCUT2D eigenvalue weighted by molar-refractivity contribution is 0.232. The average Bonchev–Trinajstić information content (AvgIpc) is 2.98. The van der Waals surface area contributed by atoms with Gasteiger partial charge >= 0.3 is 0 Å². The Morgan fingerprint density at radius 1 is 1.37 bits per heavy atom. The van der Waals surface area contributed by atoms with E-state index in [1.165, 1.54) is 25.7 Å². The minimum absolute atomic E-state index is 0.147. The fourth-order valence-electron chi connectivity index (χ4n) is 3.58. The van der Waals surface area contributed by atoms with E-state index in [4.69, 9.17) is 4.74 Å². The molecule has 19 heavy (non-hydrogen) atoms. The number of nitrogens with one attached hydrogen (secondary N) is 1. The summed E-state index contributed by atoms with van der Waals surface area (Å²) in [5, 5.41) is 3.38. The maximum Gasteiger partial charge on any atom is 0.225 e. The monoisotopic (exact) mass is 261 g/mol. The molecule has 0 saturated heterocycles. The molecule has 1 heterocycles. The van der Waals surface area contributed by atoms with E-state index in [0.717, 1.165) is 24.3 Å². The number of aromatic nitrogens is 2. The van der Waals surface area contributed by atoms with Crippen LogP contribution in [0.2, 0.25) is 0 Å². The maximum atomic E-state index is 5.58. The zero-order chi connectivity index (χ0) is 13.2. The number of fused-ring (bicyclic) bond motifs is 2. The SMILES string of the molecule is CC(C)Oc1ccnc(NCC2CC3CCC2C3)n1. The van der Waals surface area contributed by atoms with E-state index >= 15 is 0 Å². The molecule has 0 spiro atoms. The normalized spacial score (nSPS) is 28.9. The summed E-state index contributed by atoms with van der Waals surface area (Å²) >= 11 is 0. The zero-order valence-corrected chi connectivity index (χ0v) is 11.8. The molecule has 4 nitrogen and oxygen atoms in total. The van der Waals surface area contributed by atoms with Crippen molar-refractivity contribution in [3.05, 3.63) is 12.3 Å². The van der Waals surface area contributed by atoms with Gasteiger partial charge in [-0.3, -0.25) is 0 Å². The van der Waals surface area contributed by atoms with Crippen molar-refractivity contribution < 1.29 is 4.74 Å². The fourth-order valence-corrected chi connectivity index (χ4v) is 3.58. The van der Waals surface area contributed by atoms with Gasteiger partial charge < -0.3 is 10.1 Å². The summed E-state index contributed by atoms with van der Waals surface area (Å²) in [6.45, 7) is 5.02. The smallest absolute Gasteiger partial charge is 0.225 e. The van der Waals surface area contributed by atoms with Gasteiger partial charge in [0.25, 0.3) is 0 Å². The first-order chi connectivity index (χ1) is 9.20. The van der Waals surface area contributed by atoms with E-state index in [9.17, 15) is 0 Å². The van der Waals surface area contributed by atoms with E-state index in [2.05, 4.69) is 15.3 Å². The van der Waals surface area contributed by atoms with Crippen LogP contribution in [0.5, 0.6) is 5.88 Å². The predicted molar refractivity (Wildman–Crippen MR) is 75.2 cm³/mol. The first kappa shape index (κ1) is 12.7. The van der Waals surface area contributed by atoms with Gasteiger partial charge in [-0.2, -0.15) is 4.98 Å². The van der Waals surface area contributed by atoms with Crippen molar-refractivity contribution in [3.8, 4) is 5.88 Å². The lowest BCUT2D eigenvalue weighted by atomic mass is 9.89. The van der Waals surface area contributed by atoms with Gasteiger partial charge in [0.2, 0.25) is 11.8 Å². The molecule has 104 valence electrons. The Hall–Kier alpha value is -1.32. The van der Waals surface area contributed by atoms with Gasteiger partial charge in [-0.1, -0.05) is 6.42 Å². The van der Waals surface area contributed by atoms with Crippen LogP contribution in [0.3, 0.4) is 0 Å². The van der Waals surface area contributed by atoms with Crippen molar-refractivity contribution in [1.29, 1.82) is 0 Å². The molecule has 2 bridgehead atoms. The summed E-state index contributed by atoms with van der Waals surface area (Å²) in [7, 11) is 0. The van der Waals surface area contributed by atoms with E-state index in [-0.39, 0.29) is 6.10 Å². The van der Waals surface area contributed by atoms with Crippen LogP contribution in [0.4, 0.5) is 5.95 Å². The Balaban J connectivity index is 1.55. The lowest BCUT2D eigenvalue weighted by Gasteiger charge is -2.21. The van der Waals surface area contributed by atoms with Gasteiger partial charge in [0.05, 0.1) is 6.10 Å². The molecular formula is C15H23N3O. The van der Waals surface area contributed by atoms with Crippen molar-refractivity contribution in [2.24, 2.45) is 17.8 Å². The van der Waals surface area contributed by atoms with E-state index in [1.54, 1.807) is 6.20 Å². The maximum absolute atomic E-state index is 5.58. The van der Waals surface area contributed by atoms with Crippen molar-refractivity contribution >= 4 is 5.95 Å². The van der Waals surface area contributed by atoms with Crippen LogP contribution in [0.25, 0.3) is 0 Å². The summed E-state index contributed by atoms with van der Waals surface area (Å²) in [5.74, 6) is 4.10. The molecular weight excluding hydrogens is 238 g/mol. The summed E-state index contributed by atoms with van der Waals surface area (Å²) in [5.41, 5.74) is 0. The van der Waals surface area contributed by atoms with Crippen LogP contribution in [-0.4, -0.2) is 22.6 Å². The summed E-state index contributed by atoms with van der Waals surface area (Å²) in [6.07, 6.45) is 7.62. The Morgan fingerprint density at radius 3 is 2.95 bits per heavy atom. The molecule has 1 aromatic rings. The summed E-state index contributed by atoms with van der Waals surface area (Å²) < 4.78 is 5.58. The number of anilines is 1. The van der Waals surface area contributed by atoms with E-state index < -0.39 is 0 Å². The van der Waals surface area contributed by atoms with Crippen molar-refractivity contribution in [2.75, 3.05) is 11.9 Å². The number of rotatable bonds is 5.